The molecule has 1 aromatic rings. The molecule has 2 unspecified atom stereocenters. The van der Waals surface area contributed by atoms with Crippen molar-refractivity contribution in [2.75, 3.05) is 18.5 Å². The van der Waals surface area contributed by atoms with Gasteiger partial charge in [0.05, 0.1) is 11.3 Å². The summed E-state index contributed by atoms with van der Waals surface area (Å²) in [6, 6.07) is 4.40. The molecule has 2 atom stereocenters. The van der Waals surface area contributed by atoms with Gasteiger partial charge in [0.2, 0.25) is 0 Å². The number of carbonyl (C=O) groups is 1. The largest absolute Gasteiger partial charge is 0.336 e. The quantitative estimate of drug-likeness (QED) is 0.644. The normalized spacial score (nSPS) is 23.3. The van der Waals surface area contributed by atoms with Gasteiger partial charge >= 0.3 is 0 Å². The Morgan fingerprint density at radius 3 is 2.63 bits per heavy atom. The summed E-state index contributed by atoms with van der Waals surface area (Å²) >= 11 is 1.86. The minimum atomic E-state index is -0.513. The summed E-state index contributed by atoms with van der Waals surface area (Å²) in [5, 5.41) is 0.770. The van der Waals surface area contributed by atoms with E-state index in [1.54, 1.807) is 11.0 Å². The minimum absolute atomic E-state index is 0.0611. The molecule has 104 valence electrons. The van der Waals surface area contributed by atoms with Crippen molar-refractivity contribution in [3.63, 3.8) is 0 Å². The highest BCUT2D eigenvalue weighted by Crippen LogP contribution is 2.27. The molecule has 1 aliphatic rings. The van der Waals surface area contributed by atoms with Gasteiger partial charge in [-0.1, -0.05) is 19.9 Å². The Hall–Kier alpha value is -1.27. The van der Waals surface area contributed by atoms with Crippen LogP contribution in [-0.4, -0.2) is 34.4 Å². The van der Waals surface area contributed by atoms with Gasteiger partial charge in [0.1, 0.15) is 5.82 Å². The number of hydrogen-bond acceptors (Lipinski definition) is 4. The molecule has 2 rings (SSSR count). The molecule has 0 aromatic heterocycles. The van der Waals surface area contributed by atoms with Gasteiger partial charge in [-0.15, -0.1) is 0 Å². The Labute approximate surface area is 116 Å². The van der Waals surface area contributed by atoms with Crippen LogP contribution in [0, 0.1) is 5.82 Å². The number of benzene rings is 1. The van der Waals surface area contributed by atoms with Gasteiger partial charge in [-0.05, 0) is 12.1 Å². The molecule has 1 amide bonds. The lowest BCUT2D eigenvalue weighted by Gasteiger charge is -2.35. The van der Waals surface area contributed by atoms with Gasteiger partial charge < -0.3 is 10.3 Å². The van der Waals surface area contributed by atoms with E-state index in [1.165, 1.54) is 12.1 Å². The molecular weight excluding hydrogens is 265 g/mol. The first-order valence-electron chi connectivity index (χ1n) is 6.22. The number of thioether (sulfide) groups is 1. The first-order valence-corrected chi connectivity index (χ1v) is 7.17. The number of nitrogens with zero attached hydrogens (tertiary/aromatic N) is 1. The van der Waals surface area contributed by atoms with E-state index >= 15 is 0 Å². The Morgan fingerprint density at radius 2 is 2.05 bits per heavy atom. The van der Waals surface area contributed by atoms with E-state index in [0.29, 0.717) is 23.6 Å². The number of nitrogens with two attached hydrogens (primary N) is 1. The highest BCUT2D eigenvalue weighted by Gasteiger charge is 2.28. The van der Waals surface area contributed by atoms with Crippen molar-refractivity contribution in [3.8, 4) is 0 Å². The average Bonchev–Trinajstić information content (AvgIpc) is 2.36. The maximum atomic E-state index is 13.6. The maximum Gasteiger partial charge on any atom is 0.256 e. The predicted octanol–water partition coefficient (Wildman–Crippen LogP) is 2.08. The van der Waals surface area contributed by atoms with Crippen LogP contribution in [0.1, 0.15) is 24.2 Å². The van der Waals surface area contributed by atoms with Crippen LogP contribution in [0.2, 0.25) is 0 Å². The molecule has 0 bridgehead atoms. The average molecular weight is 283 g/mol. The van der Waals surface area contributed by atoms with E-state index in [9.17, 15) is 9.18 Å². The van der Waals surface area contributed by atoms with Crippen molar-refractivity contribution in [3.05, 3.63) is 29.6 Å². The van der Waals surface area contributed by atoms with Crippen LogP contribution >= 0.6 is 11.8 Å². The number of anilines is 1. The van der Waals surface area contributed by atoms with E-state index in [0.717, 1.165) is 0 Å². The van der Waals surface area contributed by atoms with E-state index in [4.69, 9.17) is 5.84 Å². The Bertz CT molecular complexity index is 473. The van der Waals surface area contributed by atoms with Crippen molar-refractivity contribution in [1.29, 1.82) is 0 Å². The van der Waals surface area contributed by atoms with E-state index in [1.807, 2.05) is 11.8 Å². The third kappa shape index (κ3) is 3.01. The molecule has 0 saturated carbocycles. The second-order valence-corrected chi connectivity index (χ2v) is 6.66. The third-order valence-electron chi connectivity index (χ3n) is 3.10. The molecule has 4 nitrogen and oxygen atoms in total. The maximum absolute atomic E-state index is 13.6. The summed E-state index contributed by atoms with van der Waals surface area (Å²) in [6.07, 6.45) is 0. The number of nitrogens with one attached hydrogen (secondary N) is 1. The van der Waals surface area contributed by atoms with E-state index in [2.05, 4.69) is 19.3 Å². The van der Waals surface area contributed by atoms with Crippen LogP contribution in [0.3, 0.4) is 0 Å². The van der Waals surface area contributed by atoms with Gasteiger partial charge in [-0.3, -0.25) is 10.6 Å². The molecule has 3 N–H and O–H groups in total. The zero-order valence-corrected chi connectivity index (χ0v) is 11.8. The van der Waals surface area contributed by atoms with Crippen LogP contribution in [0.25, 0.3) is 0 Å². The number of para-hydroxylation sites is 1. The molecule has 1 aromatic carbocycles. The van der Waals surface area contributed by atoms with Crippen LogP contribution in [0.15, 0.2) is 18.2 Å². The number of carbonyl (C=O) groups excluding carboxylic acids is 1. The summed E-state index contributed by atoms with van der Waals surface area (Å²) in [5.41, 5.74) is 2.63. The fourth-order valence-corrected chi connectivity index (χ4v) is 3.69. The van der Waals surface area contributed by atoms with Gasteiger partial charge in [0.15, 0.2) is 0 Å². The van der Waals surface area contributed by atoms with Gasteiger partial charge in [-0.2, -0.15) is 11.8 Å². The number of halogens is 1. The van der Waals surface area contributed by atoms with Crippen molar-refractivity contribution in [2.24, 2.45) is 5.84 Å². The standard InChI is InChI=1S/C13H18FN3OS/c1-8-6-17(7-9(2)19-8)13(18)10-4-3-5-11(14)12(10)16-15/h3-5,8-9,16H,6-7,15H2,1-2H3. The Kier molecular flexibility index (Phi) is 4.31. The molecule has 0 radical (unpaired) electrons. The lowest BCUT2D eigenvalue weighted by molar-refractivity contribution is 0.0754. The number of hydrogen-bond donors (Lipinski definition) is 2. The third-order valence-corrected chi connectivity index (χ3v) is 4.32. The fraction of sp³-hybridized carbons (Fsp3) is 0.462. The summed E-state index contributed by atoms with van der Waals surface area (Å²) in [7, 11) is 0. The summed E-state index contributed by atoms with van der Waals surface area (Å²) < 4.78 is 13.6. The number of hydrazine groups is 1. The molecule has 19 heavy (non-hydrogen) atoms. The Morgan fingerprint density at radius 1 is 1.42 bits per heavy atom. The zero-order valence-electron chi connectivity index (χ0n) is 11.0. The smallest absolute Gasteiger partial charge is 0.256 e. The molecule has 1 heterocycles. The molecule has 1 fully saturated rings. The SMILES string of the molecule is CC1CN(C(=O)c2cccc(F)c2NN)CC(C)S1. The zero-order chi connectivity index (χ0) is 14.0. The fourth-order valence-electron chi connectivity index (χ4n) is 2.36. The number of rotatable bonds is 2. The lowest BCUT2D eigenvalue weighted by Crippen LogP contribution is -2.44. The van der Waals surface area contributed by atoms with Crippen molar-refractivity contribution >= 4 is 23.4 Å². The van der Waals surface area contributed by atoms with E-state index < -0.39 is 5.82 Å². The minimum Gasteiger partial charge on any atom is -0.336 e. The second-order valence-electron chi connectivity index (χ2n) is 4.77. The summed E-state index contributed by atoms with van der Waals surface area (Å²) in [5.74, 6) is 4.62. The molecule has 6 heteroatoms. The summed E-state index contributed by atoms with van der Waals surface area (Å²) in [6.45, 7) is 5.53. The number of nitrogen functional groups attached to an aromatic ring is 1. The predicted molar refractivity (Wildman–Crippen MR) is 76.6 cm³/mol. The highest BCUT2D eigenvalue weighted by atomic mass is 32.2. The van der Waals surface area contributed by atoms with Crippen molar-refractivity contribution in [1.82, 2.24) is 4.90 Å². The summed E-state index contributed by atoms with van der Waals surface area (Å²) in [4.78, 5) is 14.2. The molecule has 0 spiro atoms. The van der Waals surface area contributed by atoms with Crippen molar-refractivity contribution in [2.45, 2.75) is 24.3 Å². The molecule has 0 aliphatic carbocycles. The highest BCUT2D eigenvalue weighted by molar-refractivity contribution is 8.00. The van der Waals surface area contributed by atoms with Crippen molar-refractivity contribution < 1.29 is 9.18 Å². The van der Waals surface area contributed by atoms with Crippen LogP contribution < -0.4 is 11.3 Å². The second kappa shape index (κ2) is 5.79. The van der Waals surface area contributed by atoms with Gasteiger partial charge in [0.25, 0.3) is 5.91 Å². The monoisotopic (exact) mass is 283 g/mol. The topological polar surface area (TPSA) is 58.4 Å². The molecular formula is C13H18FN3OS. The lowest BCUT2D eigenvalue weighted by atomic mass is 10.1. The van der Waals surface area contributed by atoms with Gasteiger partial charge in [-0.25, -0.2) is 4.39 Å². The van der Waals surface area contributed by atoms with Crippen LogP contribution in [-0.2, 0) is 0 Å². The van der Waals surface area contributed by atoms with Crippen LogP contribution in [0.4, 0.5) is 10.1 Å². The van der Waals surface area contributed by atoms with Gasteiger partial charge in [0, 0.05) is 23.6 Å². The molecule has 1 saturated heterocycles. The van der Waals surface area contributed by atoms with Crippen LogP contribution in [0.5, 0.6) is 0 Å². The number of amides is 1. The first kappa shape index (κ1) is 14.1. The van der Waals surface area contributed by atoms with E-state index in [-0.39, 0.29) is 17.2 Å². The molecule has 1 aliphatic heterocycles. The first-order chi connectivity index (χ1) is 9.02. The Balaban J connectivity index is 2.26.